The van der Waals surface area contributed by atoms with Crippen molar-refractivity contribution in [2.75, 3.05) is 0 Å². The summed E-state index contributed by atoms with van der Waals surface area (Å²) in [4.78, 5) is 0. The van der Waals surface area contributed by atoms with Gasteiger partial charge in [0, 0.05) is 16.9 Å². The third kappa shape index (κ3) is 1.51. The molecule has 0 atom stereocenters. The van der Waals surface area contributed by atoms with Crippen molar-refractivity contribution in [2.24, 2.45) is 0 Å². The molecule has 0 radical (unpaired) electrons. The lowest BCUT2D eigenvalue weighted by atomic mass is 10.2. The summed E-state index contributed by atoms with van der Waals surface area (Å²) in [6, 6.07) is 10.1. The van der Waals surface area contributed by atoms with Gasteiger partial charge in [-0.05, 0) is 32.4 Å². The van der Waals surface area contributed by atoms with Crippen LogP contribution in [0, 0.1) is 13.8 Å². The zero-order valence-corrected chi connectivity index (χ0v) is 9.99. The highest BCUT2D eigenvalue weighted by Crippen LogP contribution is 2.31. The van der Waals surface area contributed by atoms with Crippen LogP contribution in [0.25, 0.3) is 5.69 Å². The first-order valence-corrected chi connectivity index (χ1v) is 5.62. The van der Waals surface area contributed by atoms with Crippen molar-refractivity contribution in [1.29, 1.82) is 0 Å². The molecule has 0 bridgehead atoms. The molecular weight excluding hydrogens is 198 g/mol. The average Bonchev–Trinajstić information content (AvgIpc) is 2.51. The fraction of sp³-hybridized carbons (Fsp3) is 0.286. The molecule has 2 heteroatoms. The largest absolute Gasteiger partial charge is 0.506 e. The summed E-state index contributed by atoms with van der Waals surface area (Å²) >= 11 is 0. The van der Waals surface area contributed by atoms with Crippen LogP contribution in [0.4, 0.5) is 0 Å². The molecular formula is C14H17NO. The molecule has 0 aliphatic heterocycles. The number of hydrogen-bond donors (Lipinski definition) is 1. The average molecular weight is 215 g/mol. The van der Waals surface area contributed by atoms with Crippen molar-refractivity contribution in [2.45, 2.75) is 27.2 Å². The lowest BCUT2D eigenvalue weighted by Gasteiger charge is -2.08. The highest BCUT2D eigenvalue weighted by atomic mass is 16.3. The molecule has 0 aliphatic carbocycles. The van der Waals surface area contributed by atoms with E-state index >= 15 is 0 Å². The molecule has 0 saturated heterocycles. The minimum Gasteiger partial charge on any atom is -0.506 e. The van der Waals surface area contributed by atoms with E-state index in [1.54, 1.807) is 0 Å². The Balaban J connectivity index is 2.67. The number of para-hydroxylation sites is 1. The normalized spacial score (nSPS) is 10.7. The summed E-state index contributed by atoms with van der Waals surface area (Å²) in [5.41, 5.74) is 4.19. The second kappa shape index (κ2) is 4.05. The predicted octanol–water partition coefficient (Wildman–Crippen LogP) is 3.36. The number of nitrogens with zero attached hydrogens (tertiary/aromatic N) is 1. The number of benzene rings is 1. The van der Waals surface area contributed by atoms with E-state index in [-0.39, 0.29) is 0 Å². The van der Waals surface area contributed by atoms with Gasteiger partial charge in [0.2, 0.25) is 0 Å². The molecule has 16 heavy (non-hydrogen) atoms. The zero-order chi connectivity index (χ0) is 11.7. The van der Waals surface area contributed by atoms with Crippen LogP contribution in [-0.2, 0) is 6.42 Å². The van der Waals surface area contributed by atoms with Crippen LogP contribution in [0.1, 0.15) is 23.9 Å². The zero-order valence-electron chi connectivity index (χ0n) is 9.99. The van der Waals surface area contributed by atoms with E-state index < -0.39 is 0 Å². The van der Waals surface area contributed by atoms with Gasteiger partial charge in [-0.3, -0.25) is 0 Å². The van der Waals surface area contributed by atoms with Gasteiger partial charge in [-0.25, -0.2) is 0 Å². The van der Waals surface area contributed by atoms with Gasteiger partial charge < -0.3 is 9.67 Å². The summed E-state index contributed by atoms with van der Waals surface area (Å²) in [5, 5.41) is 10.0. The predicted molar refractivity (Wildman–Crippen MR) is 66.3 cm³/mol. The van der Waals surface area contributed by atoms with Crippen LogP contribution >= 0.6 is 0 Å². The quantitative estimate of drug-likeness (QED) is 0.816. The molecule has 0 spiro atoms. The number of rotatable bonds is 2. The molecule has 1 aromatic heterocycles. The first-order valence-electron chi connectivity index (χ1n) is 5.62. The molecule has 2 rings (SSSR count). The number of aromatic nitrogens is 1. The van der Waals surface area contributed by atoms with E-state index in [0.29, 0.717) is 5.75 Å². The minimum absolute atomic E-state index is 0.434. The summed E-state index contributed by atoms with van der Waals surface area (Å²) < 4.78 is 2.11. The van der Waals surface area contributed by atoms with Gasteiger partial charge >= 0.3 is 0 Å². The van der Waals surface area contributed by atoms with E-state index in [2.05, 4.69) is 30.5 Å². The molecule has 2 aromatic rings. The lowest BCUT2D eigenvalue weighted by molar-refractivity contribution is 0.465. The van der Waals surface area contributed by atoms with Crippen molar-refractivity contribution in [1.82, 2.24) is 4.57 Å². The van der Waals surface area contributed by atoms with Crippen molar-refractivity contribution in [3.63, 3.8) is 0 Å². The van der Waals surface area contributed by atoms with Crippen molar-refractivity contribution < 1.29 is 5.11 Å². The SMILES string of the molecule is CCc1c(O)c(C)n(-c2ccccc2)c1C. The van der Waals surface area contributed by atoms with Crippen LogP contribution in [0.3, 0.4) is 0 Å². The van der Waals surface area contributed by atoms with Gasteiger partial charge in [-0.1, -0.05) is 25.1 Å². The van der Waals surface area contributed by atoms with E-state index in [4.69, 9.17) is 0 Å². The Bertz CT molecular complexity index is 497. The maximum atomic E-state index is 10.0. The highest BCUT2D eigenvalue weighted by molar-refractivity contribution is 5.49. The Morgan fingerprint density at radius 3 is 2.19 bits per heavy atom. The fourth-order valence-electron chi connectivity index (χ4n) is 2.27. The molecule has 0 aliphatic rings. The third-order valence-corrected chi connectivity index (χ3v) is 3.10. The molecule has 2 nitrogen and oxygen atoms in total. The van der Waals surface area contributed by atoms with Crippen LogP contribution in [0.2, 0.25) is 0 Å². The Labute approximate surface area is 96.2 Å². The van der Waals surface area contributed by atoms with Crippen LogP contribution < -0.4 is 0 Å². The minimum atomic E-state index is 0.434. The van der Waals surface area contributed by atoms with Crippen LogP contribution in [-0.4, -0.2) is 9.67 Å². The summed E-state index contributed by atoms with van der Waals surface area (Å²) in [6.45, 7) is 6.07. The first kappa shape index (κ1) is 10.8. The smallest absolute Gasteiger partial charge is 0.139 e. The molecule has 84 valence electrons. The molecule has 0 fully saturated rings. The van der Waals surface area contributed by atoms with Gasteiger partial charge in [0.25, 0.3) is 0 Å². The molecule has 0 unspecified atom stereocenters. The number of aromatic hydroxyl groups is 1. The van der Waals surface area contributed by atoms with E-state index in [1.165, 1.54) is 0 Å². The second-order valence-corrected chi connectivity index (χ2v) is 4.02. The molecule has 1 heterocycles. The monoisotopic (exact) mass is 215 g/mol. The fourth-order valence-corrected chi connectivity index (χ4v) is 2.27. The Hall–Kier alpha value is -1.70. The third-order valence-electron chi connectivity index (χ3n) is 3.10. The molecule has 0 amide bonds. The van der Waals surface area contributed by atoms with E-state index in [0.717, 1.165) is 29.1 Å². The van der Waals surface area contributed by atoms with Crippen LogP contribution in [0.5, 0.6) is 5.75 Å². The van der Waals surface area contributed by atoms with Crippen molar-refractivity contribution >= 4 is 0 Å². The van der Waals surface area contributed by atoms with E-state index in [9.17, 15) is 5.11 Å². The van der Waals surface area contributed by atoms with Crippen LogP contribution in [0.15, 0.2) is 30.3 Å². The molecule has 1 aromatic carbocycles. The topological polar surface area (TPSA) is 25.2 Å². The Morgan fingerprint density at radius 1 is 1.06 bits per heavy atom. The van der Waals surface area contributed by atoms with Crippen molar-refractivity contribution in [3.8, 4) is 11.4 Å². The van der Waals surface area contributed by atoms with E-state index in [1.807, 2.05) is 25.1 Å². The summed E-state index contributed by atoms with van der Waals surface area (Å²) in [6.07, 6.45) is 0.859. The maximum absolute atomic E-state index is 10.0. The van der Waals surface area contributed by atoms with Gasteiger partial charge in [-0.2, -0.15) is 0 Å². The van der Waals surface area contributed by atoms with Gasteiger partial charge in [-0.15, -0.1) is 0 Å². The maximum Gasteiger partial charge on any atom is 0.139 e. The Kier molecular flexibility index (Phi) is 2.73. The number of hydrogen-bond acceptors (Lipinski definition) is 1. The molecule has 1 N–H and O–H groups in total. The highest BCUT2D eigenvalue weighted by Gasteiger charge is 2.15. The summed E-state index contributed by atoms with van der Waals surface area (Å²) in [5.74, 6) is 0.434. The van der Waals surface area contributed by atoms with Crippen molar-refractivity contribution in [3.05, 3.63) is 47.3 Å². The van der Waals surface area contributed by atoms with Gasteiger partial charge in [0.05, 0.1) is 5.69 Å². The first-order chi connectivity index (χ1) is 7.66. The molecule has 0 saturated carbocycles. The standard InChI is InChI=1S/C14H17NO/c1-4-13-10(2)15(11(3)14(13)16)12-8-6-5-7-9-12/h5-9,16H,4H2,1-3H3. The lowest BCUT2D eigenvalue weighted by Crippen LogP contribution is -1.98. The second-order valence-electron chi connectivity index (χ2n) is 4.02. The van der Waals surface area contributed by atoms with Gasteiger partial charge in [0.1, 0.15) is 5.75 Å². The summed E-state index contributed by atoms with van der Waals surface area (Å²) in [7, 11) is 0. The Morgan fingerprint density at radius 2 is 1.69 bits per heavy atom. The van der Waals surface area contributed by atoms with Gasteiger partial charge in [0.15, 0.2) is 0 Å².